The van der Waals surface area contributed by atoms with Crippen LogP contribution < -0.4 is 10.2 Å². The molecule has 0 spiro atoms. The minimum Gasteiger partial charge on any atom is -0.480 e. The highest BCUT2D eigenvalue weighted by Crippen LogP contribution is 2.29. The Labute approximate surface area is 199 Å². The fourth-order valence-electron chi connectivity index (χ4n) is 3.75. The Morgan fingerprint density at radius 3 is 2.35 bits per heavy atom. The van der Waals surface area contributed by atoms with Crippen molar-refractivity contribution in [3.63, 3.8) is 0 Å². The molecule has 0 fully saturated rings. The van der Waals surface area contributed by atoms with Crippen molar-refractivity contribution in [1.82, 2.24) is 5.32 Å². The fourth-order valence-corrected chi connectivity index (χ4v) is 3.75. The lowest BCUT2D eigenvalue weighted by Gasteiger charge is -2.29. The third-order valence-electron chi connectivity index (χ3n) is 5.66. The number of rotatable bonds is 10. The smallest absolute Gasteiger partial charge is 0.415 e. The van der Waals surface area contributed by atoms with Crippen molar-refractivity contribution < 1.29 is 24.2 Å². The predicted molar refractivity (Wildman–Crippen MR) is 132 cm³/mol. The van der Waals surface area contributed by atoms with Crippen LogP contribution in [0.4, 0.5) is 10.5 Å². The standard InChI is InChI=1S/C27H30N2O5/c1-3-4-16-23(26(31)32)28-25(30)19(2)29(27(33)34-18-20-11-6-5-7-12-20)24-17-10-14-21-13-8-9-15-22(21)24/h5-15,17,19,23H,3-4,16,18H2,1-2H3,(H,28,30)(H,31,32)/t19-,23-/m0/s1. The number of amides is 2. The average molecular weight is 463 g/mol. The van der Waals surface area contributed by atoms with Crippen LogP contribution in [0.5, 0.6) is 0 Å². The third kappa shape index (κ3) is 6.13. The fraction of sp³-hybridized carbons (Fsp3) is 0.296. The van der Waals surface area contributed by atoms with Crippen molar-refractivity contribution in [2.45, 2.75) is 51.8 Å². The van der Waals surface area contributed by atoms with E-state index < -0.39 is 30.1 Å². The summed E-state index contributed by atoms with van der Waals surface area (Å²) in [6.07, 6.45) is 1.10. The van der Waals surface area contributed by atoms with Crippen LogP contribution >= 0.6 is 0 Å². The molecular weight excluding hydrogens is 432 g/mol. The van der Waals surface area contributed by atoms with Crippen LogP contribution in [0.15, 0.2) is 72.8 Å². The molecule has 7 heteroatoms. The summed E-state index contributed by atoms with van der Waals surface area (Å²) in [5, 5.41) is 13.8. The number of aliphatic carboxylic acids is 1. The van der Waals surface area contributed by atoms with Gasteiger partial charge in [0.15, 0.2) is 0 Å². The molecule has 0 bridgehead atoms. The van der Waals surface area contributed by atoms with Crippen molar-refractivity contribution in [1.29, 1.82) is 0 Å². The number of carbonyl (C=O) groups excluding carboxylic acids is 2. The van der Waals surface area contributed by atoms with Gasteiger partial charge in [0, 0.05) is 5.39 Å². The van der Waals surface area contributed by atoms with Crippen molar-refractivity contribution in [2.24, 2.45) is 0 Å². The van der Waals surface area contributed by atoms with E-state index in [0.717, 1.165) is 22.8 Å². The first-order valence-corrected chi connectivity index (χ1v) is 11.4. The molecule has 0 aliphatic heterocycles. The molecule has 34 heavy (non-hydrogen) atoms. The maximum atomic E-state index is 13.3. The second kappa shape index (κ2) is 11.8. The molecule has 0 saturated heterocycles. The van der Waals surface area contributed by atoms with Crippen LogP contribution in [-0.2, 0) is 20.9 Å². The van der Waals surface area contributed by atoms with Gasteiger partial charge in [-0.05, 0) is 30.4 Å². The predicted octanol–water partition coefficient (Wildman–Crippen LogP) is 5.13. The average Bonchev–Trinajstić information content (AvgIpc) is 2.85. The van der Waals surface area contributed by atoms with Crippen LogP contribution in [-0.4, -0.2) is 35.2 Å². The second-order valence-electron chi connectivity index (χ2n) is 8.13. The first-order chi connectivity index (χ1) is 16.4. The highest BCUT2D eigenvalue weighted by Gasteiger charge is 2.32. The number of carbonyl (C=O) groups is 3. The van der Waals surface area contributed by atoms with Gasteiger partial charge in [0.25, 0.3) is 0 Å². The summed E-state index contributed by atoms with van der Waals surface area (Å²) in [4.78, 5) is 39.4. The summed E-state index contributed by atoms with van der Waals surface area (Å²) < 4.78 is 5.57. The van der Waals surface area contributed by atoms with Gasteiger partial charge in [-0.25, -0.2) is 9.59 Å². The van der Waals surface area contributed by atoms with Gasteiger partial charge >= 0.3 is 12.1 Å². The van der Waals surface area contributed by atoms with E-state index >= 15 is 0 Å². The van der Waals surface area contributed by atoms with Crippen LogP contribution in [0.3, 0.4) is 0 Å². The number of hydrogen-bond acceptors (Lipinski definition) is 4. The maximum absolute atomic E-state index is 13.3. The molecule has 3 aromatic carbocycles. The largest absolute Gasteiger partial charge is 0.480 e. The van der Waals surface area contributed by atoms with E-state index in [1.54, 1.807) is 19.1 Å². The van der Waals surface area contributed by atoms with Gasteiger partial charge in [0.2, 0.25) is 5.91 Å². The van der Waals surface area contributed by atoms with Crippen molar-refractivity contribution in [2.75, 3.05) is 4.90 Å². The van der Waals surface area contributed by atoms with Crippen LogP contribution in [0.1, 0.15) is 38.7 Å². The molecule has 0 heterocycles. The van der Waals surface area contributed by atoms with Crippen LogP contribution in [0.2, 0.25) is 0 Å². The summed E-state index contributed by atoms with van der Waals surface area (Å²) in [5.74, 6) is -1.66. The number of ether oxygens (including phenoxy) is 1. The molecule has 0 unspecified atom stereocenters. The molecule has 178 valence electrons. The minimum absolute atomic E-state index is 0.0452. The van der Waals surface area contributed by atoms with Crippen molar-refractivity contribution in [3.8, 4) is 0 Å². The van der Waals surface area contributed by atoms with E-state index in [2.05, 4.69) is 5.32 Å². The summed E-state index contributed by atoms with van der Waals surface area (Å²) in [5.41, 5.74) is 1.33. The van der Waals surface area contributed by atoms with Crippen LogP contribution in [0.25, 0.3) is 10.8 Å². The van der Waals surface area contributed by atoms with Crippen molar-refractivity contribution >= 4 is 34.4 Å². The van der Waals surface area contributed by atoms with Gasteiger partial charge in [-0.15, -0.1) is 0 Å². The first kappa shape index (κ1) is 24.8. The lowest BCUT2D eigenvalue weighted by atomic mass is 10.1. The zero-order valence-electron chi connectivity index (χ0n) is 19.4. The minimum atomic E-state index is -1.10. The molecule has 0 aliphatic carbocycles. The molecule has 2 atom stereocenters. The molecule has 7 nitrogen and oxygen atoms in total. The quantitative estimate of drug-likeness (QED) is 0.435. The Kier molecular flexibility index (Phi) is 8.62. The monoisotopic (exact) mass is 462 g/mol. The number of nitrogens with one attached hydrogen (secondary N) is 1. The molecule has 3 aromatic rings. The number of carboxylic acid groups (broad SMARTS) is 1. The molecular formula is C27H30N2O5. The Hall–Kier alpha value is -3.87. The van der Waals surface area contributed by atoms with E-state index in [4.69, 9.17) is 4.74 Å². The second-order valence-corrected chi connectivity index (χ2v) is 8.13. The van der Waals surface area contributed by atoms with Crippen LogP contribution in [0, 0.1) is 0 Å². The van der Waals surface area contributed by atoms with E-state index in [0.29, 0.717) is 18.5 Å². The Bertz CT molecular complexity index is 1130. The number of anilines is 1. The van der Waals surface area contributed by atoms with Gasteiger partial charge in [-0.2, -0.15) is 0 Å². The topological polar surface area (TPSA) is 95.9 Å². The molecule has 3 rings (SSSR count). The molecule has 0 saturated carbocycles. The van der Waals surface area contributed by atoms with E-state index in [-0.39, 0.29) is 6.61 Å². The van der Waals surface area contributed by atoms with E-state index in [1.165, 1.54) is 4.90 Å². The van der Waals surface area contributed by atoms with Gasteiger partial charge in [-0.3, -0.25) is 9.69 Å². The molecule has 0 aliphatic rings. The Balaban J connectivity index is 1.91. The number of fused-ring (bicyclic) bond motifs is 1. The van der Waals surface area contributed by atoms with Gasteiger partial charge in [0.1, 0.15) is 18.7 Å². The normalized spacial score (nSPS) is 12.5. The zero-order valence-corrected chi connectivity index (χ0v) is 19.4. The number of hydrogen-bond donors (Lipinski definition) is 2. The highest BCUT2D eigenvalue weighted by molar-refractivity contribution is 6.05. The SMILES string of the molecule is CCCC[C@H](NC(=O)[C@H](C)N(C(=O)OCc1ccccc1)c1cccc2ccccc12)C(=O)O. The lowest BCUT2D eigenvalue weighted by Crippen LogP contribution is -2.52. The Morgan fingerprint density at radius 1 is 0.971 bits per heavy atom. The van der Waals surface area contributed by atoms with Gasteiger partial charge in [-0.1, -0.05) is 86.5 Å². The van der Waals surface area contributed by atoms with Gasteiger partial charge < -0.3 is 15.2 Å². The number of nitrogens with zero attached hydrogens (tertiary/aromatic N) is 1. The summed E-state index contributed by atoms with van der Waals surface area (Å²) in [7, 11) is 0. The lowest BCUT2D eigenvalue weighted by molar-refractivity contribution is -0.142. The first-order valence-electron chi connectivity index (χ1n) is 11.4. The third-order valence-corrected chi connectivity index (χ3v) is 5.66. The van der Waals surface area contributed by atoms with E-state index in [1.807, 2.05) is 67.6 Å². The number of benzene rings is 3. The summed E-state index contributed by atoms with van der Waals surface area (Å²) >= 11 is 0. The molecule has 0 aromatic heterocycles. The summed E-state index contributed by atoms with van der Waals surface area (Å²) in [6.45, 7) is 3.57. The molecule has 2 N–H and O–H groups in total. The molecule has 2 amide bonds. The van der Waals surface area contributed by atoms with Gasteiger partial charge in [0.05, 0.1) is 5.69 Å². The molecule has 0 radical (unpaired) electrons. The number of unbranched alkanes of at least 4 members (excludes halogenated alkanes) is 1. The van der Waals surface area contributed by atoms with Crippen molar-refractivity contribution in [3.05, 3.63) is 78.4 Å². The summed E-state index contributed by atoms with van der Waals surface area (Å²) in [6, 6.07) is 20.3. The maximum Gasteiger partial charge on any atom is 0.415 e. The number of carboxylic acids is 1. The highest BCUT2D eigenvalue weighted by atomic mass is 16.6. The van der Waals surface area contributed by atoms with E-state index in [9.17, 15) is 19.5 Å². The zero-order chi connectivity index (χ0) is 24.5. The Morgan fingerprint density at radius 2 is 1.65 bits per heavy atom.